The van der Waals surface area contributed by atoms with Crippen molar-refractivity contribution >= 4 is 28.5 Å². The van der Waals surface area contributed by atoms with Gasteiger partial charge in [0, 0.05) is 21.5 Å². The van der Waals surface area contributed by atoms with Crippen molar-refractivity contribution in [2.75, 3.05) is 7.11 Å². The standard InChI is InChI=1S/C16H11ClFNO2/c1-21-16(20)15-14(9-2-5-11(18)6-3-9)12-8-10(17)4-7-13(12)19-15/h2-8,19H,1H3. The van der Waals surface area contributed by atoms with Crippen LogP contribution in [-0.4, -0.2) is 18.1 Å². The van der Waals surface area contributed by atoms with Crippen molar-refractivity contribution in [2.45, 2.75) is 0 Å². The summed E-state index contributed by atoms with van der Waals surface area (Å²) >= 11 is 6.04. The number of benzene rings is 2. The second kappa shape index (κ2) is 5.22. The number of rotatable bonds is 2. The molecule has 0 spiro atoms. The molecule has 1 heterocycles. The van der Waals surface area contributed by atoms with E-state index in [0.717, 1.165) is 10.9 Å². The zero-order chi connectivity index (χ0) is 15.0. The number of esters is 1. The normalized spacial score (nSPS) is 10.8. The van der Waals surface area contributed by atoms with Crippen LogP contribution in [0, 0.1) is 5.82 Å². The molecule has 3 rings (SSSR count). The smallest absolute Gasteiger partial charge is 0.355 e. The lowest BCUT2D eigenvalue weighted by Crippen LogP contribution is -2.03. The van der Waals surface area contributed by atoms with Crippen LogP contribution in [0.5, 0.6) is 0 Å². The minimum atomic E-state index is -0.485. The summed E-state index contributed by atoms with van der Waals surface area (Å²) in [5.74, 6) is -0.821. The van der Waals surface area contributed by atoms with Crippen LogP contribution in [0.25, 0.3) is 22.0 Å². The molecular weight excluding hydrogens is 293 g/mol. The van der Waals surface area contributed by atoms with Gasteiger partial charge >= 0.3 is 5.97 Å². The van der Waals surface area contributed by atoms with Crippen LogP contribution in [0.3, 0.4) is 0 Å². The van der Waals surface area contributed by atoms with Crippen molar-refractivity contribution in [3.05, 3.63) is 59.0 Å². The molecule has 3 nitrogen and oxygen atoms in total. The number of hydrogen-bond acceptors (Lipinski definition) is 2. The topological polar surface area (TPSA) is 42.1 Å². The van der Waals surface area contributed by atoms with E-state index in [9.17, 15) is 9.18 Å². The molecule has 2 aromatic carbocycles. The molecule has 106 valence electrons. The van der Waals surface area contributed by atoms with Crippen molar-refractivity contribution in [3.8, 4) is 11.1 Å². The van der Waals surface area contributed by atoms with Crippen molar-refractivity contribution in [2.24, 2.45) is 0 Å². The summed E-state index contributed by atoms with van der Waals surface area (Å²) in [5.41, 5.74) is 2.45. The van der Waals surface area contributed by atoms with E-state index in [2.05, 4.69) is 4.98 Å². The minimum Gasteiger partial charge on any atom is -0.464 e. The van der Waals surface area contributed by atoms with Gasteiger partial charge in [-0.1, -0.05) is 23.7 Å². The first-order valence-corrected chi connectivity index (χ1v) is 6.63. The van der Waals surface area contributed by atoms with E-state index in [-0.39, 0.29) is 5.82 Å². The summed E-state index contributed by atoms with van der Waals surface area (Å²) in [7, 11) is 1.31. The number of methoxy groups -OCH3 is 1. The maximum Gasteiger partial charge on any atom is 0.355 e. The summed E-state index contributed by atoms with van der Waals surface area (Å²) in [5, 5.41) is 1.34. The lowest BCUT2D eigenvalue weighted by Gasteiger charge is -2.04. The van der Waals surface area contributed by atoms with Crippen molar-refractivity contribution in [1.82, 2.24) is 4.98 Å². The largest absolute Gasteiger partial charge is 0.464 e. The summed E-state index contributed by atoms with van der Waals surface area (Å²) in [6, 6.07) is 11.2. The predicted octanol–water partition coefficient (Wildman–Crippen LogP) is 4.41. The van der Waals surface area contributed by atoms with Crippen LogP contribution in [0.4, 0.5) is 4.39 Å². The number of ether oxygens (including phenoxy) is 1. The molecule has 0 atom stereocenters. The van der Waals surface area contributed by atoms with E-state index < -0.39 is 5.97 Å². The number of fused-ring (bicyclic) bond motifs is 1. The fraction of sp³-hybridized carbons (Fsp3) is 0.0625. The highest BCUT2D eigenvalue weighted by atomic mass is 35.5. The van der Waals surface area contributed by atoms with E-state index in [1.807, 2.05) is 0 Å². The molecule has 0 radical (unpaired) electrons. The lowest BCUT2D eigenvalue weighted by molar-refractivity contribution is 0.0596. The number of H-pyrrole nitrogens is 1. The molecule has 0 aliphatic carbocycles. The van der Waals surface area contributed by atoms with Gasteiger partial charge in [-0.3, -0.25) is 0 Å². The maximum absolute atomic E-state index is 13.1. The van der Waals surface area contributed by atoms with Gasteiger partial charge in [0.1, 0.15) is 11.5 Å². The summed E-state index contributed by atoms with van der Waals surface area (Å²) in [6.45, 7) is 0. The molecule has 0 fully saturated rings. The third-order valence-corrected chi connectivity index (χ3v) is 3.52. The Balaban J connectivity index is 2.33. The molecule has 0 bridgehead atoms. The number of carbonyl (C=O) groups excluding carboxylic acids is 1. The van der Waals surface area contributed by atoms with E-state index >= 15 is 0 Å². The second-order valence-corrected chi connectivity index (χ2v) is 5.00. The molecule has 0 unspecified atom stereocenters. The number of aromatic amines is 1. The summed E-state index contributed by atoms with van der Waals surface area (Å²) in [6.07, 6.45) is 0. The van der Waals surface area contributed by atoms with Crippen LogP contribution in [0.1, 0.15) is 10.5 Å². The Labute approximate surface area is 125 Å². The molecule has 0 amide bonds. The average molecular weight is 304 g/mol. The van der Waals surface area contributed by atoms with Gasteiger partial charge in [-0.15, -0.1) is 0 Å². The van der Waals surface area contributed by atoms with Crippen LogP contribution >= 0.6 is 11.6 Å². The van der Waals surface area contributed by atoms with Crippen LogP contribution in [-0.2, 0) is 4.74 Å². The number of carbonyl (C=O) groups is 1. The first-order chi connectivity index (χ1) is 10.1. The van der Waals surface area contributed by atoms with Crippen LogP contribution in [0.15, 0.2) is 42.5 Å². The molecule has 5 heteroatoms. The zero-order valence-electron chi connectivity index (χ0n) is 11.1. The van der Waals surface area contributed by atoms with Gasteiger partial charge in [0.15, 0.2) is 0 Å². The van der Waals surface area contributed by atoms with E-state index in [1.165, 1.54) is 19.2 Å². The summed E-state index contributed by atoms with van der Waals surface area (Å²) in [4.78, 5) is 15.0. The van der Waals surface area contributed by atoms with Gasteiger partial charge in [-0.05, 0) is 35.9 Å². The highest BCUT2D eigenvalue weighted by Crippen LogP contribution is 2.34. The first kappa shape index (κ1) is 13.6. The predicted molar refractivity (Wildman–Crippen MR) is 80.0 cm³/mol. The average Bonchev–Trinajstić information content (AvgIpc) is 2.86. The van der Waals surface area contributed by atoms with Crippen molar-refractivity contribution in [3.63, 3.8) is 0 Å². The van der Waals surface area contributed by atoms with Crippen LogP contribution < -0.4 is 0 Å². The molecule has 0 saturated carbocycles. The molecular formula is C16H11ClFNO2. The Morgan fingerprint density at radius 2 is 1.90 bits per heavy atom. The molecule has 3 aromatic rings. The molecule has 0 aliphatic rings. The zero-order valence-corrected chi connectivity index (χ0v) is 11.9. The monoisotopic (exact) mass is 303 g/mol. The fourth-order valence-electron chi connectivity index (χ4n) is 2.34. The highest BCUT2D eigenvalue weighted by molar-refractivity contribution is 6.31. The van der Waals surface area contributed by atoms with E-state index in [4.69, 9.17) is 16.3 Å². The number of hydrogen-bond donors (Lipinski definition) is 1. The van der Waals surface area contributed by atoms with Gasteiger partial charge in [-0.25, -0.2) is 9.18 Å². The Kier molecular flexibility index (Phi) is 3.39. The molecule has 0 aliphatic heterocycles. The quantitative estimate of drug-likeness (QED) is 0.712. The Hall–Kier alpha value is -2.33. The number of nitrogens with one attached hydrogen (secondary N) is 1. The molecule has 21 heavy (non-hydrogen) atoms. The summed E-state index contributed by atoms with van der Waals surface area (Å²) < 4.78 is 17.9. The SMILES string of the molecule is COC(=O)c1[nH]c2ccc(Cl)cc2c1-c1ccc(F)cc1. The molecule has 1 N–H and O–H groups in total. The fourth-order valence-corrected chi connectivity index (χ4v) is 2.51. The number of aromatic nitrogens is 1. The molecule has 0 saturated heterocycles. The highest BCUT2D eigenvalue weighted by Gasteiger charge is 2.19. The van der Waals surface area contributed by atoms with E-state index in [0.29, 0.717) is 21.8 Å². The van der Waals surface area contributed by atoms with Gasteiger partial charge in [0.25, 0.3) is 0 Å². The van der Waals surface area contributed by atoms with Gasteiger partial charge in [0.05, 0.1) is 7.11 Å². The third-order valence-electron chi connectivity index (χ3n) is 3.28. The van der Waals surface area contributed by atoms with E-state index in [1.54, 1.807) is 30.3 Å². The van der Waals surface area contributed by atoms with Crippen molar-refractivity contribution < 1.29 is 13.9 Å². The number of halogens is 2. The lowest BCUT2D eigenvalue weighted by atomic mass is 10.0. The van der Waals surface area contributed by atoms with Gasteiger partial charge in [-0.2, -0.15) is 0 Å². The van der Waals surface area contributed by atoms with Gasteiger partial charge in [0.2, 0.25) is 0 Å². The first-order valence-electron chi connectivity index (χ1n) is 6.25. The second-order valence-electron chi connectivity index (χ2n) is 4.56. The van der Waals surface area contributed by atoms with Crippen molar-refractivity contribution in [1.29, 1.82) is 0 Å². The van der Waals surface area contributed by atoms with Crippen LogP contribution in [0.2, 0.25) is 5.02 Å². The Morgan fingerprint density at radius 1 is 1.19 bits per heavy atom. The Bertz CT molecular complexity index is 824. The minimum absolute atomic E-state index is 0.321. The Morgan fingerprint density at radius 3 is 2.57 bits per heavy atom. The third kappa shape index (κ3) is 2.38. The molecule has 1 aromatic heterocycles. The van der Waals surface area contributed by atoms with Gasteiger partial charge < -0.3 is 9.72 Å². The maximum atomic E-state index is 13.1.